The maximum atomic E-state index is 11.8. The molecule has 2 aliphatic rings. The van der Waals surface area contributed by atoms with Gasteiger partial charge in [0.15, 0.2) is 0 Å². The van der Waals surface area contributed by atoms with Crippen LogP contribution in [0.1, 0.15) is 50.5 Å². The van der Waals surface area contributed by atoms with E-state index in [1.807, 2.05) is 12.1 Å². The summed E-state index contributed by atoms with van der Waals surface area (Å²) in [5.74, 6) is 0.804. The van der Waals surface area contributed by atoms with E-state index in [2.05, 4.69) is 34.2 Å². The van der Waals surface area contributed by atoms with Crippen LogP contribution < -0.4 is 10.2 Å². The van der Waals surface area contributed by atoms with Gasteiger partial charge >= 0.3 is 0 Å². The maximum absolute atomic E-state index is 11.8. The van der Waals surface area contributed by atoms with Crippen LogP contribution in [0.25, 0.3) is 0 Å². The van der Waals surface area contributed by atoms with Gasteiger partial charge in [0.25, 0.3) is 0 Å². The first-order valence-corrected chi connectivity index (χ1v) is 11.3. The summed E-state index contributed by atoms with van der Waals surface area (Å²) >= 11 is 6.19. The lowest BCUT2D eigenvalue weighted by atomic mass is 9.84. The molecule has 0 radical (unpaired) electrons. The fourth-order valence-electron chi connectivity index (χ4n) is 4.57. The Bertz CT molecular complexity index is 716. The fraction of sp³-hybridized carbons (Fsp3) is 0.652. The lowest BCUT2D eigenvalue weighted by Crippen LogP contribution is -2.47. The molecule has 1 heterocycles. The second kappa shape index (κ2) is 10.8. The second-order valence-corrected chi connectivity index (χ2v) is 8.93. The monoisotopic (exact) mass is 416 g/mol. The van der Waals surface area contributed by atoms with E-state index in [1.165, 1.54) is 37.1 Å². The Morgan fingerprint density at radius 2 is 1.93 bits per heavy atom. The lowest BCUT2D eigenvalue weighted by Gasteiger charge is -2.38. The van der Waals surface area contributed by atoms with Gasteiger partial charge in [-0.15, -0.1) is 0 Å². The van der Waals surface area contributed by atoms with Crippen molar-refractivity contribution < 1.29 is 4.79 Å². The molecule has 2 fully saturated rings. The summed E-state index contributed by atoms with van der Waals surface area (Å²) in [6.45, 7) is 7.66. The lowest BCUT2D eigenvalue weighted by molar-refractivity contribution is -0.122. The summed E-state index contributed by atoms with van der Waals surface area (Å²) in [5.41, 5.74) is 2.56. The van der Waals surface area contributed by atoms with Gasteiger partial charge in [0, 0.05) is 55.8 Å². The molecule has 0 unspecified atom stereocenters. The first kappa shape index (κ1) is 21.9. The highest BCUT2D eigenvalue weighted by molar-refractivity contribution is 6.30. The van der Waals surface area contributed by atoms with E-state index in [0.29, 0.717) is 18.9 Å². The third kappa shape index (κ3) is 6.62. The molecule has 29 heavy (non-hydrogen) atoms. The van der Waals surface area contributed by atoms with E-state index in [4.69, 9.17) is 16.9 Å². The van der Waals surface area contributed by atoms with Gasteiger partial charge in [-0.05, 0) is 69.2 Å². The van der Waals surface area contributed by atoms with Crippen LogP contribution in [0.3, 0.4) is 0 Å². The molecular weight excluding hydrogens is 384 g/mol. The number of halogens is 1. The zero-order valence-electron chi connectivity index (χ0n) is 17.5. The SMILES string of the molecule is Cc1ccc(Cl)cc1N1CCN(CC[C@H]2CC[C@H](NC(=O)CCC#N)CC2)CC1. The number of nitriles is 1. The number of piperazine rings is 1. The number of anilines is 1. The van der Waals surface area contributed by atoms with Crippen molar-refractivity contribution in [2.45, 2.75) is 57.9 Å². The van der Waals surface area contributed by atoms with E-state index in [-0.39, 0.29) is 5.91 Å². The quantitative estimate of drug-likeness (QED) is 0.725. The highest BCUT2D eigenvalue weighted by Gasteiger charge is 2.24. The Hall–Kier alpha value is -1.77. The van der Waals surface area contributed by atoms with E-state index >= 15 is 0 Å². The Morgan fingerprint density at radius 1 is 1.21 bits per heavy atom. The van der Waals surface area contributed by atoms with Crippen LogP contribution >= 0.6 is 11.6 Å². The van der Waals surface area contributed by atoms with Crippen molar-refractivity contribution in [3.63, 3.8) is 0 Å². The second-order valence-electron chi connectivity index (χ2n) is 8.49. The van der Waals surface area contributed by atoms with Gasteiger partial charge in [-0.2, -0.15) is 5.26 Å². The average Bonchev–Trinajstić information content (AvgIpc) is 2.74. The predicted molar refractivity (Wildman–Crippen MR) is 118 cm³/mol. The van der Waals surface area contributed by atoms with Gasteiger partial charge in [-0.1, -0.05) is 17.7 Å². The standard InChI is InChI=1S/C23H33ClN4O/c1-18-4-7-20(24)17-22(18)28-15-13-27(14-16-28)12-10-19-5-8-21(9-6-19)26-23(29)3-2-11-25/h4,7,17,19,21H,2-3,5-6,8-10,12-16H2,1H3,(H,26,29)/t19-,21-. The summed E-state index contributed by atoms with van der Waals surface area (Å²) in [6, 6.07) is 8.49. The molecule has 1 amide bonds. The highest BCUT2D eigenvalue weighted by Crippen LogP contribution is 2.28. The average molecular weight is 417 g/mol. The summed E-state index contributed by atoms with van der Waals surface area (Å²) in [6.07, 6.45) is 6.44. The van der Waals surface area contributed by atoms with E-state index < -0.39 is 0 Å². The molecule has 1 aliphatic carbocycles. The number of rotatable bonds is 7. The van der Waals surface area contributed by atoms with Crippen molar-refractivity contribution in [3.8, 4) is 6.07 Å². The number of nitrogens with one attached hydrogen (secondary N) is 1. The summed E-state index contributed by atoms with van der Waals surface area (Å²) in [4.78, 5) is 16.8. The Labute approximate surface area is 180 Å². The molecule has 0 aromatic heterocycles. The van der Waals surface area contributed by atoms with Crippen LogP contribution in [0, 0.1) is 24.2 Å². The van der Waals surface area contributed by atoms with Crippen molar-refractivity contribution in [2.75, 3.05) is 37.6 Å². The minimum atomic E-state index is 0.0304. The smallest absolute Gasteiger partial charge is 0.221 e. The van der Waals surface area contributed by atoms with Crippen LogP contribution in [0.2, 0.25) is 5.02 Å². The molecule has 1 saturated heterocycles. The Balaban J connectivity index is 1.34. The van der Waals surface area contributed by atoms with Crippen molar-refractivity contribution in [2.24, 2.45) is 5.92 Å². The minimum Gasteiger partial charge on any atom is -0.369 e. The van der Waals surface area contributed by atoms with Crippen molar-refractivity contribution in [1.29, 1.82) is 5.26 Å². The molecule has 1 saturated carbocycles. The van der Waals surface area contributed by atoms with Crippen LogP contribution in [0.5, 0.6) is 0 Å². The minimum absolute atomic E-state index is 0.0304. The zero-order chi connectivity index (χ0) is 20.6. The van der Waals surface area contributed by atoms with Crippen molar-refractivity contribution >= 4 is 23.2 Å². The van der Waals surface area contributed by atoms with E-state index in [9.17, 15) is 4.79 Å². The molecule has 0 atom stereocenters. The van der Waals surface area contributed by atoms with Gasteiger partial charge in [0.2, 0.25) is 5.91 Å². The zero-order valence-corrected chi connectivity index (χ0v) is 18.3. The molecular formula is C23H33ClN4O. The maximum Gasteiger partial charge on any atom is 0.221 e. The van der Waals surface area contributed by atoms with Crippen LogP contribution in [-0.4, -0.2) is 49.6 Å². The molecule has 1 aliphatic heterocycles. The van der Waals surface area contributed by atoms with Gasteiger partial charge < -0.3 is 10.2 Å². The number of nitrogens with zero attached hydrogens (tertiary/aromatic N) is 3. The van der Waals surface area contributed by atoms with Crippen molar-refractivity contribution in [3.05, 3.63) is 28.8 Å². The molecule has 5 nitrogen and oxygen atoms in total. The largest absolute Gasteiger partial charge is 0.369 e. The fourth-order valence-corrected chi connectivity index (χ4v) is 4.73. The molecule has 0 spiro atoms. The van der Waals surface area contributed by atoms with Crippen molar-refractivity contribution in [1.82, 2.24) is 10.2 Å². The normalized spacial score (nSPS) is 22.9. The molecule has 0 bridgehead atoms. The number of hydrogen-bond acceptors (Lipinski definition) is 4. The van der Waals surface area contributed by atoms with Crippen LogP contribution in [-0.2, 0) is 4.79 Å². The molecule has 158 valence electrons. The molecule has 1 N–H and O–H groups in total. The van der Waals surface area contributed by atoms with Gasteiger partial charge in [0.1, 0.15) is 0 Å². The molecule has 6 heteroatoms. The van der Waals surface area contributed by atoms with Crippen LogP contribution in [0.4, 0.5) is 5.69 Å². The summed E-state index contributed by atoms with van der Waals surface area (Å²) in [7, 11) is 0. The predicted octanol–water partition coefficient (Wildman–Crippen LogP) is 4.14. The first-order chi connectivity index (χ1) is 14.0. The molecule has 3 rings (SSSR count). The third-order valence-corrected chi connectivity index (χ3v) is 6.65. The van der Waals surface area contributed by atoms with E-state index in [1.54, 1.807) is 0 Å². The highest BCUT2D eigenvalue weighted by atomic mass is 35.5. The Morgan fingerprint density at radius 3 is 2.62 bits per heavy atom. The molecule has 1 aromatic carbocycles. The number of carbonyl (C=O) groups is 1. The number of benzene rings is 1. The van der Waals surface area contributed by atoms with E-state index in [0.717, 1.165) is 50.0 Å². The Kier molecular flexibility index (Phi) is 8.20. The van der Waals surface area contributed by atoms with Gasteiger partial charge in [-0.3, -0.25) is 9.69 Å². The van der Waals surface area contributed by atoms with Gasteiger partial charge in [0.05, 0.1) is 6.07 Å². The topological polar surface area (TPSA) is 59.4 Å². The third-order valence-electron chi connectivity index (χ3n) is 6.41. The number of aryl methyl sites for hydroxylation is 1. The summed E-state index contributed by atoms with van der Waals surface area (Å²) in [5, 5.41) is 12.5. The molecule has 1 aromatic rings. The van der Waals surface area contributed by atoms with Gasteiger partial charge in [-0.25, -0.2) is 0 Å². The number of hydrogen-bond donors (Lipinski definition) is 1. The van der Waals surface area contributed by atoms with Crippen LogP contribution in [0.15, 0.2) is 18.2 Å². The first-order valence-electron chi connectivity index (χ1n) is 10.9. The number of amides is 1. The summed E-state index contributed by atoms with van der Waals surface area (Å²) < 4.78 is 0. The number of carbonyl (C=O) groups excluding carboxylic acids is 1.